The first-order valence-corrected chi connectivity index (χ1v) is 3.32. The van der Waals surface area contributed by atoms with Gasteiger partial charge >= 0.3 is 0 Å². The fraction of sp³-hybridized carbons (Fsp3) is 1.00. The lowest BCUT2D eigenvalue weighted by Gasteiger charge is -2.11. The molecule has 0 fully saturated rings. The molecule has 0 saturated carbocycles. The summed E-state index contributed by atoms with van der Waals surface area (Å²) < 4.78 is 10.1. The van der Waals surface area contributed by atoms with Gasteiger partial charge in [-0.15, -0.1) is 0 Å². The molecule has 0 aromatic heterocycles. The first-order chi connectivity index (χ1) is 2.94. The molecule has 0 radical (unpaired) electrons. The lowest BCUT2D eigenvalue weighted by Crippen LogP contribution is -2.27. The molecular weight excluding hydrogens is 110 g/mol. The Balaban J connectivity index is 0. The minimum Gasteiger partial charge on any atom is -0.251 e. The van der Waals surface area contributed by atoms with Gasteiger partial charge in [0.25, 0.3) is 0 Å². The zero-order valence-electron chi connectivity index (χ0n) is 4.89. The molecule has 7 heavy (non-hydrogen) atoms. The molecule has 0 aromatic carbocycles. The van der Waals surface area contributed by atoms with Crippen LogP contribution < -0.4 is 5.14 Å². The molecule has 0 aliphatic rings. The van der Waals surface area contributed by atoms with Crippen LogP contribution in [0.2, 0.25) is 0 Å². The smallest absolute Gasteiger partial charge is 0.0942 e. The van der Waals surface area contributed by atoms with Crippen LogP contribution in [0.15, 0.2) is 0 Å². The standard InChI is InChI=1S/C4H11NOS.H2/c1-4(2,3)7(5)6;/h5H2,1-3H3;1H/t7-;/m0./s1. The highest BCUT2D eigenvalue weighted by Crippen LogP contribution is 2.04. The van der Waals surface area contributed by atoms with Crippen molar-refractivity contribution < 1.29 is 5.64 Å². The van der Waals surface area contributed by atoms with E-state index in [4.69, 9.17) is 5.14 Å². The first kappa shape index (κ1) is 7.11. The molecule has 3 heteroatoms. The predicted octanol–water partition coefficient (Wildman–Crippen LogP) is 0.653. The van der Waals surface area contributed by atoms with Gasteiger partial charge in [0.15, 0.2) is 0 Å². The summed E-state index contributed by atoms with van der Waals surface area (Å²) in [5.74, 6) is 0. The van der Waals surface area contributed by atoms with E-state index in [0.29, 0.717) is 0 Å². The molecule has 46 valence electrons. The lowest BCUT2D eigenvalue weighted by atomic mass is 10.3. The van der Waals surface area contributed by atoms with Crippen LogP contribution >= 0.6 is 0 Å². The summed E-state index contributed by atoms with van der Waals surface area (Å²) in [4.78, 5) is 0. The van der Waals surface area contributed by atoms with Gasteiger partial charge in [-0.3, -0.25) is 5.14 Å². The monoisotopic (exact) mass is 123 g/mol. The van der Waals surface area contributed by atoms with Gasteiger partial charge in [-0.2, -0.15) is 0 Å². The van der Waals surface area contributed by atoms with E-state index < -0.39 is 11.0 Å². The van der Waals surface area contributed by atoms with Crippen LogP contribution in [-0.4, -0.2) is 8.96 Å². The minimum absolute atomic E-state index is 0. The molecule has 0 heterocycles. The van der Waals surface area contributed by atoms with Crippen molar-refractivity contribution in [1.82, 2.24) is 0 Å². The Kier molecular flexibility index (Phi) is 1.95. The number of nitrogens with two attached hydrogens (primary N) is 1. The topological polar surface area (TPSA) is 43.1 Å². The highest BCUT2D eigenvalue weighted by atomic mass is 32.2. The van der Waals surface area contributed by atoms with Gasteiger partial charge < -0.3 is 0 Å². The zero-order chi connectivity index (χ0) is 6.08. The Hall–Kier alpha value is 0.110. The van der Waals surface area contributed by atoms with Crippen molar-refractivity contribution in [1.29, 1.82) is 0 Å². The van der Waals surface area contributed by atoms with Gasteiger partial charge in [0.05, 0.1) is 15.7 Å². The van der Waals surface area contributed by atoms with Crippen molar-refractivity contribution in [2.24, 2.45) is 5.14 Å². The van der Waals surface area contributed by atoms with E-state index in [0.717, 1.165) is 0 Å². The summed E-state index contributed by atoms with van der Waals surface area (Å²) in [5.41, 5.74) is 0. The van der Waals surface area contributed by atoms with Crippen LogP contribution in [0.5, 0.6) is 0 Å². The molecule has 0 saturated heterocycles. The fourth-order valence-electron chi connectivity index (χ4n) is 0. The van der Waals surface area contributed by atoms with Crippen molar-refractivity contribution in [2.75, 3.05) is 0 Å². The number of rotatable bonds is 0. The third-order valence-electron chi connectivity index (χ3n) is 0.604. The average molecular weight is 123 g/mol. The van der Waals surface area contributed by atoms with Gasteiger partial charge in [-0.1, -0.05) is 0 Å². The second-order valence-corrected chi connectivity index (χ2v) is 4.23. The zero-order valence-corrected chi connectivity index (χ0v) is 5.71. The third-order valence-corrected chi connectivity index (χ3v) is 1.81. The van der Waals surface area contributed by atoms with Crippen molar-refractivity contribution in [3.8, 4) is 0 Å². The maximum Gasteiger partial charge on any atom is 0.0942 e. The Bertz CT molecular complexity index is 88.5. The van der Waals surface area contributed by atoms with E-state index in [1.165, 1.54) is 0 Å². The summed E-state index contributed by atoms with van der Waals surface area (Å²) in [5, 5.41) is 5.04. The fourth-order valence-corrected chi connectivity index (χ4v) is 0. The molecule has 0 unspecified atom stereocenters. The van der Waals surface area contributed by atoms with Crippen LogP contribution in [0, 0.1) is 0 Å². The van der Waals surface area contributed by atoms with Crippen LogP contribution in [-0.2, 0) is 11.0 Å². The summed E-state index contributed by atoms with van der Waals surface area (Å²) in [6.07, 6.45) is 0. The number of hydrogen-bond donors (Lipinski definition) is 1. The third kappa shape index (κ3) is 2.76. The molecule has 1 atom stereocenters. The molecule has 0 bridgehead atoms. The van der Waals surface area contributed by atoms with Gasteiger partial charge in [-0.25, -0.2) is 4.21 Å². The van der Waals surface area contributed by atoms with Gasteiger partial charge in [-0.05, 0) is 20.8 Å². The molecule has 0 aliphatic heterocycles. The van der Waals surface area contributed by atoms with E-state index in [1.54, 1.807) is 0 Å². The van der Waals surface area contributed by atoms with E-state index in [1.807, 2.05) is 20.8 Å². The largest absolute Gasteiger partial charge is 0.251 e. The second kappa shape index (κ2) is 1.92. The first-order valence-electron chi connectivity index (χ1n) is 2.11. The lowest BCUT2D eigenvalue weighted by molar-refractivity contribution is 0.650. The van der Waals surface area contributed by atoms with E-state index in [-0.39, 0.29) is 6.17 Å². The minimum atomic E-state index is -1.18. The van der Waals surface area contributed by atoms with Gasteiger partial charge in [0.1, 0.15) is 0 Å². The molecule has 0 rings (SSSR count). The van der Waals surface area contributed by atoms with Crippen LogP contribution in [0.1, 0.15) is 22.2 Å². The van der Waals surface area contributed by atoms with E-state index in [9.17, 15) is 4.21 Å². The van der Waals surface area contributed by atoms with Crippen molar-refractivity contribution in [3.63, 3.8) is 0 Å². The number of hydrogen-bond acceptors (Lipinski definition) is 1. The summed E-state index contributed by atoms with van der Waals surface area (Å²) in [7, 11) is -1.18. The van der Waals surface area contributed by atoms with Gasteiger partial charge in [0, 0.05) is 1.43 Å². The SMILES string of the molecule is CC(C)(C)[S@@](N)=O.[HH]. The quantitative estimate of drug-likeness (QED) is 0.505. The maximum absolute atomic E-state index is 10.4. The Morgan fingerprint density at radius 3 is 1.71 bits per heavy atom. The Morgan fingerprint density at radius 1 is 1.57 bits per heavy atom. The summed E-state index contributed by atoms with van der Waals surface area (Å²) in [6, 6.07) is 0. The van der Waals surface area contributed by atoms with Crippen LogP contribution in [0.25, 0.3) is 0 Å². The van der Waals surface area contributed by atoms with E-state index >= 15 is 0 Å². The molecule has 0 amide bonds. The van der Waals surface area contributed by atoms with Crippen LogP contribution in [0.4, 0.5) is 0 Å². The van der Waals surface area contributed by atoms with E-state index in [2.05, 4.69) is 0 Å². The van der Waals surface area contributed by atoms with Crippen molar-refractivity contribution >= 4 is 11.0 Å². The Labute approximate surface area is 48.2 Å². The van der Waals surface area contributed by atoms with Crippen molar-refractivity contribution in [3.05, 3.63) is 0 Å². The highest BCUT2D eigenvalue weighted by molar-refractivity contribution is 7.84. The molecule has 0 aromatic rings. The normalized spacial score (nSPS) is 16.6. The second-order valence-electron chi connectivity index (χ2n) is 2.41. The van der Waals surface area contributed by atoms with Crippen LogP contribution in [0.3, 0.4) is 0 Å². The van der Waals surface area contributed by atoms with Gasteiger partial charge in [0.2, 0.25) is 0 Å². The highest BCUT2D eigenvalue weighted by Gasteiger charge is 2.14. The Morgan fingerprint density at radius 2 is 1.71 bits per heavy atom. The summed E-state index contributed by atoms with van der Waals surface area (Å²) >= 11 is 0. The van der Waals surface area contributed by atoms with Crippen molar-refractivity contribution in [2.45, 2.75) is 25.5 Å². The average Bonchev–Trinajstić information content (AvgIpc) is 1.31. The predicted molar refractivity (Wildman–Crippen MR) is 34.2 cm³/mol. The summed E-state index contributed by atoms with van der Waals surface area (Å²) in [6.45, 7) is 5.51. The molecule has 2 nitrogen and oxygen atoms in total. The molecule has 2 N–H and O–H groups in total. The molecule has 0 aliphatic carbocycles. The molecular formula is C4H13NOS. The molecule has 0 spiro atoms. The maximum atomic E-state index is 10.4.